The highest BCUT2D eigenvalue weighted by Gasteiger charge is 2.30. The third-order valence-corrected chi connectivity index (χ3v) is 4.99. The lowest BCUT2D eigenvalue weighted by Crippen LogP contribution is -2.41. The van der Waals surface area contributed by atoms with Gasteiger partial charge in [-0.1, -0.05) is 36.4 Å². The number of hydrogen-bond acceptors (Lipinski definition) is 3. The monoisotopic (exact) mass is 337 g/mol. The average Bonchev–Trinajstić information content (AvgIpc) is 2.46. The first kappa shape index (κ1) is 17.6. The van der Waals surface area contributed by atoms with Gasteiger partial charge in [0.05, 0.1) is 10.5 Å². The van der Waals surface area contributed by atoms with Crippen molar-refractivity contribution >= 4 is 10.0 Å². The highest BCUT2D eigenvalue weighted by Crippen LogP contribution is 2.21. The first-order valence-electron chi connectivity index (χ1n) is 7.20. The van der Waals surface area contributed by atoms with E-state index >= 15 is 0 Å². The molecule has 1 N–H and O–H groups in total. The zero-order chi connectivity index (χ0) is 17.1. The third-order valence-electron chi connectivity index (χ3n) is 3.20. The molecule has 2 rings (SSSR count). The summed E-state index contributed by atoms with van der Waals surface area (Å²) >= 11 is 0. The van der Waals surface area contributed by atoms with Crippen LogP contribution in [0.15, 0.2) is 59.5 Å². The molecule has 0 aliphatic rings. The van der Waals surface area contributed by atoms with Gasteiger partial charge in [0.2, 0.25) is 10.0 Å². The molecule has 4 nitrogen and oxygen atoms in total. The Morgan fingerprint density at radius 2 is 1.74 bits per heavy atom. The molecule has 2 aromatic carbocycles. The van der Waals surface area contributed by atoms with Gasteiger partial charge in [0, 0.05) is 13.1 Å². The van der Waals surface area contributed by atoms with Crippen LogP contribution in [-0.4, -0.2) is 30.0 Å². The van der Waals surface area contributed by atoms with E-state index in [9.17, 15) is 17.9 Å². The van der Waals surface area contributed by atoms with Crippen molar-refractivity contribution in [2.75, 3.05) is 6.54 Å². The van der Waals surface area contributed by atoms with E-state index in [-0.39, 0.29) is 18.0 Å². The maximum atomic E-state index is 13.4. The van der Waals surface area contributed by atoms with E-state index in [4.69, 9.17) is 0 Å². The van der Waals surface area contributed by atoms with Crippen LogP contribution in [0.1, 0.15) is 19.4 Å². The summed E-state index contributed by atoms with van der Waals surface area (Å²) in [6.07, 6.45) is 0. The summed E-state index contributed by atoms with van der Waals surface area (Å²) in [5, 5.41) is 10.1. The number of hydrogen-bond donors (Lipinski definition) is 1. The van der Waals surface area contributed by atoms with E-state index in [1.54, 1.807) is 12.1 Å². The van der Waals surface area contributed by atoms with Crippen LogP contribution in [0.25, 0.3) is 0 Å². The van der Waals surface area contributed by atoms with Crippen LogP contribution >= 0.6 is 0 Å². The van der Waals surface area contributed by atoms with Crippen LogP contribution in [0, 0.1) is 5.82 Å². The normalized spacial score (nSPS) is 12.6. The van der Waals surface area contributed by atoms with Crippen LogP contribution < -0.4 is 0 Å². The molecule has 0 bridgehead atoms. The minimum Gasteiger partial charge on any atom is -0.389 e. The zero-order valence-corrected chi connectivity index (χ0v) is 13.9. The van der Waals surface area contributed by atoms with Gasteiger partial charge in [-0.25, -0.2) is 12.8 Å². The molecule has 0 heterocycles. The Hall–Kier alpha value is -1.76. The first-order chi connectivity index (χ1) is 10.7. The molecule has 0 aliphatic heterocycles. The van der Waals surface area contributed by atoms with Crippen molar-refractivity contribution in [3.8, 4) is 0 Å². The molecule has 0 radical (unpaired) electrons. The predicted molar refractivity (Wildman–Crippen MR) is 86.7 cm³/mol. The highest BCUT2D eigenvalue weighted by molar-refractivity contribution is 7.89. The topological polar surface area (TPSA) is 57.6 Å². The minimum absolute atomic E-state index is 0.0965. The maximum Gasteiger partial charge on any atom is 0.243 e. The fourth-order valence-electron chi connectivity index (χ4n) is 2.22. The number of aliphatic hydroxyl groups is 1. The van der Waals surface area contributed by atoms with Gasteiger partial charge in [-0.15, -0.1) is 0 Å². The zero-order valence-electron chi connectivity index (χ0n) is 13.1. The molecule has 124 valence electrons. The van der Waals surface area contributed by atoms with E-state index < -0.39 is 21.4 Å². The van der Waals surface area contributed by atoms with Gasteiger partial charge >= 0.3 is 0 Å². The number of benzene rings is 2. The van der Waals surface area contributed by atoms with Gasteiger partial charge in [-0.3, -0.25) is 0 Å². The van der Waals surface area contributed by atoms with Crippen LogP contribution in [0.4, 0.5) is 4.39 Å². The lowest BCUT2D eigenvalue weighted by molar-refractivity contribution is 0.0577. The fraction of sp³-hybridized carbons (Fsp3) is 0.294. The third kappa shape index (κ3) is 4.86. The van der Waals surface area contributed by atoms with Crippen molar-refractivity contribution in [1.82, 2.24) is 4.31 Å². The molecule has 0 aromatic heterocycles. The number of nitrogens with zero attached hydrogens (tertiary/aromatic N) is 1. The molecule has 2 aromatic rings. The Morgan fingerprint density at radius 1 is 1.09 bits per heavy atom. The van der Waals surface area contributed by atoms with E-state index in [1.807, 2.05) is 18.2 Å². The van der Waals surface area contributed by atoms with Crippen molar-refractivity contribution < 1.29 is 17.9 Å². The Morgan fingerprint density at radius 3 is 2.30 bits per heavy atom. The van der Waals surface area contributed by atoms with Gasteiger partial charge in [-0.2, -0.15) is 4.31 Å². The van der Waals surface area contributed by atoms with Crippen molar-refractivity contribution in [2.45, 2.75) is 30.9 Å². The molecular formula is C17H20FNO3S. The summed E-state index contributed by atoms with van der Waals surface area (Å²) in [4.78, 5) is -0.127. The molecule has 0 fully saturated rings. The van der Waals surface area contributed by atoms with Crippen molar-refractivity contribution in [2.24, 2.45) is 0 Å². The van der Waals surface area contributed by atoms with E-state index in [0.29, 0.717) is 0 Å². The van der Waals surface area contributed by atoms with Gasteiger partial charge < -0.3 is 5.11 Å². The van der Waals surface area contributed by atoms with Gasteiger partial charge in [0.25, 0.3) is 0 Å². The highest BCUT2D eigenvalue weighted by atomic mass is 32.2. The largest absolute Gasteiger partial charge is 0.389 e. The molecule has 0 amide bonds. The number of rotatable bonds is 6. The SMILES string of the molecule is CC(C)(O)CN(Cc1ccccc1)S(=O)(=O)c1cccc(F)c1. The van der Waals surface area contributed by atoms with Crippen LogP contribution in [0.2, 0.25) is 0 Å². The molecule has 0 saturated heterocycles. The second kappa shape index (κ2) is 6.78. The van der Waals surface area contributed by atoms with Crippen molar-refractivity contribution in [3.05, 3.63) is 66.0 Å². The first-order valence-corrected chi connectivity index (χ1v) is 8.64. The summed E-state index contributed by atoms with van der Waals surface area (Å²) < 4.78 is 40.2. The van der Waals surface area contributed by atoms with Crippen molar-refractivity contribution in [1.29, 1.82) is 0 Å². The van der Waals surface area contributed by atoms with Gasteiger partial charge in [-0.05, 0) is 37.6 Å². The Labute approximate surface area is 136 Å². The lowest BCUT2D eigenvalue weighted by atomic mass is 10.1. The molecule has 0 unspecified atom stereocenters. The fourth-order valence-corrected chi connectivity index (χ4v) is 3.84. The summed E-state index contributed by atoms with van der Waals surface area (Å²) in [5.41, 5.74) is -0.424. The Kier molecular flexibility index (Phi) is 5.19. The molecule has 6 heteroatoms. The molecule has 23 heavy (non-hydrogen) atoms. The maximum absolute atomic E-state index is 13.4. The van der Waals surface area contributed by atoms with E-state index in [1.165, 1.54) is 32.0 Å². The van der Waals surface area contributed by atoms with Crippen LogP contribution in [-0.2, 0) is 16.6 Å². The van der Waals surface area contributed by atoms with Crippen LogP contribution in [0.5, 0.6) is 0 Å². The summed E-state index contributed by atoms with van der Waals surface area (Å²) in [6, 6.07) is 13.9. The second-order valence-corrected chi connectivity index (χ2v) is 7.97. The van der Waals surface area contributed by atoms with E-state index in [2.05, 4.69) is 0 Å². The number of halogens is 1. The molecule has 0 aliphatic carbocycles. The smallest absolute Gasteiger partial charge is 0.243 e. The molecular weight excluding hydrogens is 317 g/mol. The van der Waals surface area contributed by atoms with E-state index in [0.717, 1.165) is 15.9 Å². The molecule has 0 atom stereocenters. The van der Waals surface area contributed by atoms with Crippen molar-refractivity contribution in [3.63, 3.8) is 0 Å². The van der Waals surface area contributed by atoms with Crippen LogP contribution in [0.3, 0.4) is 0 Å². The second-order valence-electron chi connectivity index (χ2n) is 6.03. The standard InChI is InChI=1S/C17H20FNO3S/c1-17(2,20)13-19(12-14-7-4-3-5-8-14)23(21,22)16-10-6-9-15(18)11-16/h3-11,20H,12-13H2,1-2H3. The average molecular weight is 337 g/mol. The summed E-state index contributed by atoms with van der Waals surface area (Å²) in [7, 11) is -3.92. The summed E-state index contributed by atoms with van der Waals surface area (Å²) in [6.45, 7) is 3.07. The quantitative estimate of drug-likeness (QED) is 0.882. The van der Waals surface area contributed by atoms with Gasteiger partial charge in [0.1, 0.15) is 5.82 Å². The minimum atomic E-state index is -3.92. The van der Waals surface area contributed by atoms with Gasteiger partial charge in [0.15, 0.2) is 0 Å². The molecule has 0 spiro atoms. The number of sulfonamides is 1. The summed E-state index contributed by atoms with van der Waals surface area (Å²) in [5.74, 6) is -0.617. The molecule has 0 saturated carbocycles. The predicted octanol–water partition coefficient (Wildman–Crippen LogP) is 2.79. The lowest BCUT2D eigenvalue weighted by Gasteiger charge is -2.28. The Bertz CT molecular complexity index is 755. The Balaban J connectivity index is 2.39.